The first kappa shape index (κ1) is 11.8. The maximum absolute atomic E-state index is 13.4. The quantitative estimate of drug-likeness (QED) is 0.640. The summed E-state index contributed by atoms with van der Waals surface area (Å²) in [6.45, 7) is 3.40. The number of hydrogen-bond donors (Lipinski definition) is 1. The van der Waals surface area contributed by atoms with E-state index in [0.29, 0.717) is 18.4 Å². The number of fused-ring (bicyclic) bond motifs is 1. The third kappa shape index (κ3) is 2.53. The first-order valence-electron chi connectivity index (χ1n) is 5.64. The van der Waals surface area contributed by atoms with Gasteiger partial charge in [-0.15, -0.1) is 0 Å². The van der Waals surface area contributed by atoms with Crippen LogP contribution in [0.15, 0.2) is 28.7 Å². The average molecular weight is 235 g/mol. The molecule has 4 heteroatoms. The number of halogens is 1. The van der Waals surface area contributed by atoms with Crippen molar-refractivity contribution in [2.75, 3.05) is 13.1 Å². The molecular weight excluding hydrogens is 221 g/mol. The standard InChI is InChI=1S/C13H14FNO2/c1-2-15-7-6-11(16)12-8-9-4-3-5-10(14)13(9)17-12/h3-5,8,15H,2,6-7H2,1H3. The zero-order valence-corrected chi connectivity index (χ0v) is 9.63. The number of ketones is 1. The number of para-hydroxylation sites is 1. The smallest absolute Gasteiger partial charge is 0.199 e. The Morgan fingerprint density at radius 2 is 2.29 bits per heavy atom. The van der Waals surface area contributed by atoms with Crippen LogP contribution in [0.25, 0.3) is 11.0 Å². The van der Waals surface area contributed by atoms with E-state index in [0.717, 1.165) is 6.54 Å². The molecule has 0 saturated carbocycles. The van der Waals surface area contributed by atoms with E-state index in [-0.39, 0.29) is 17.1 Å². The molecule has 17 heavy (non-hydrogen) atoms. The van der Waals surface area contributed by atoms with Crippen molar-refractivity contribution >= 4 is 16.8 Å². The van der Waals surface area contributed by atoms with Gasteiger partial charge in [0.1, 0.15) is 0 Å². The molecule has 1 aromatic carbocycles. The summed E-state index contributed by atoms with van der Waals surface area (Å²) in [6.07, 6.45) is 0.356. The van der Waals surface area contributed by atoms with Gasteiger partial charge >= 0.3 is 0 Å². The van der Waals surface area contributed by atoms with Crippen molar-refractivity contribution in [1.29, 1.82) is 0 Å². The zero-order chi connectivity index (χ0) is 12.3. The van der Waals surface area contributed by atoms with Gasteiger partial charge in [0.05, 0.1) is 0 Å². The molecule has 0 radical (unpaired) electrons. The highest BCUT2D eigenvalue weighted by atomic mass is 19.1. The van der Waals surface area contributed by atoms with Crippen molar-refractivity contribution in [2.45, 2.75) is 13.3 Å². The fourth-order valence-electron chi connectivity index (χ4n) is 1.67. The molecule has 2 rings (SSSR count). The lowest BCUT2D eigenvalue weighted by atomic mass is 10.2. The van der Waals surface area contributed by atoms with Crippen molar-refractivity contribution in [3.05, 3.63) is 35.8 Å². The van der Waals surface area contributed by atoms with Crippen LogP contribution in [0, 0.1) is 5.82 Å². The van der Waals surface area contributed by atoms with Gasteiger partial charge in [-0.3, -0.25) is 4.79 Å². The normalized spacial score (nSPS) is 10.9. The number of furan rings is 1. The van der Waals surface area contributed by atoms with Gasteiger partial charge in [0.25, 0.3) is 0 Å². The Morgan fingerprint density at radius 1 is 1.47 bits per heavy atom. The monoisotopic (exact) mass is 235 g/mol. The summed E-state index contributed by atoms with van der Waals surface area (Å²) in [5.74, 6) is -0.321. The minimum Gasteiger partial charge on any atom is -0.450 e. The Kier molecular flexibility index (Phi) is 3.54. The average Bonchev–Trinajstić information content (AvgIpc) is 2.75. The van der Waals surface area contributed by atoms with E-state index in [2.05, 4.69) is 5.32 Å². The van der Waals surface area contributed by atoms with E-state index in [1.165, 1.54) is 6.07 Å². The predicted molar refractivity (Wildman–Crippen MR) is 63.7 cm³/mol. The molecule has 0 amide bonds. The number of carbonyl (C=O) groups excluding carboxylic acids is 1. The summed E-state index contributed by atoms with van der Waals surface area (Å²) < 4.78 is 18.6. The summed E-state index contributed by atoms with van der Waals surface area (Å²) in [5.41, 5.74) is 0.152. The molecule has 0 saturated heterocycles. The number of benzene rings is 1. The summed E-state index contributed by atoms with van der Waals surface area (Å²) in [6, 6.07) is 6.23. The van der Waals surface area contributed by atoms with Crippen LogP contribution in [-0.4, -0.2) is 18.9 Å². The molecule has 0 aliphatic heterocycles. The fraction of sp³-hybridized carbons (Fsp3) is 0.308. The Hall–Kier alpha value is -1.68. The van der Waals surface area contributed by atoms with Gasteiger partial charge in [-0.2, -0.15) is 0 Å². The second-order valence-electron chi connectivity index (χ2n) is 3.80. The van der Waals surface area contributed by atoms with Crippen molar-refractivity contribution in [3.63, 3.8) is 0 Å². The number of Topliss-reactive ketones (excluding diaryl/α,β-unsaturated/α-hetero) is 1. The molecule has 0 bridgehead atoms. The van der Waals surface area contributed by atoms with Gasteiger partial charge in [-0.05, 0) is 18.7 Å². The van der Waals surface area contributed by atoms with Crippen LogP contribution in [0.4, 0.5) is 4.39 Å². The third-order valence-electron chi connectivity index (χ3n) is 2.55. The number of rotatable bonds is 5. The van der Waals surface area contributed by atoms with Crippen molar-refractivity contribution < 1.29 is 13.6 Å². The van der Waals surface area contributed by atoms with Gasteiger partial charge in [-0.25, -0.2) is 4.39 Å². The third-order valence-corrected chi connectivity index (χ3v) is 2.55. The second-order valence-corrected chi connectivity index (χ2v) is 3.80. The molecular formula is C13H14FNO2. The van der Waals surface area contributed by atoms with Crippen LogP contribution in [0.5, 0.6) is 0 Å². The van der Waals surface area contributed by atoms with Gasteiger partial charge in [0.15, 0.2) is 22.9 Å². The van der Waals surface area contributed by atoms with E-state index < -0.39 is 5.82 Å². The molecule has 1 N–H and O–H groups in total. The van der Waals surface area contributed by atoms with Gasteiger partial charge in [0, 0.05) is 18.4 Å². The highest BCUT2D eigenvalue weighted by Crippen LogP contribution is 2.22. The number of carbonyl (C=O) groups is 1. The van der Waals surface area contributed by atoms with Crippen LogP contribution < -0.4 is 5.32 Å². The lowest BCUT2D eigenvalue weighted by Crippen LogP contribution is -2.17. The van der Waals surface area contributed by atoms with Crippen molar-refractivity contribution in [3.8, 4) is 0 Å². The Balaban J connectivity index is 2.19. The Labute approximate surface area is 98.6 Å². The molecule has 0 unspecified atom stereocenters. The van der Waals surface area contributed by atoms with Crippen LogP contribution >= 0.6 is 0 Å². The van der Waals surface area contributed by atoms with E-state index in [9.17, 15) is 9.18 Å². The summed E-state index contributed by atoms with van der Waals surface area (Å²) in [5, 5.41) is 3.68. The van der Waals surface area contributed by atoms with E-state index in [1.54, 1.807) is 18.2 Å². The van der Waals surface area contributed by atoms with Crippen LogP contribution in [-0.2, 0) is 0 Å². The summed E-state index contributed by atoms with van der Waals surface area (Å²) in [7, 11) is 0. The highest BCUT2D eigenvalue weighted by Gasteiger charge is 2.13. The van der Waals surface area contributed by atoms with E-state index in [4.69, 9.17) is 4.42 Å². The van der Waals surface area contributed by atoms with Gasteiger partial charge in [-0.1, -0.05) is 19.1 Å². The molecule has 0 aliphatic carbocycles. The molecule has 0 spiro atoms. The van der Waals surface area contributed by atoms with E-state index in [1.807, 2.05) is 6.92 Å². The Bertz CT molecular complexity index is 533. The second kappa shape index (κ2) is 5.10. The molecule has 1 heterocycles. The lowest BCUT2D eigenvalue weighted by Gasteiger charge is -1.98. The molecule has 3 nitrogen and oxygen atoms in total. The van der Waals surface area contributed by atoms with Crippen LogP contribution in [0.1, 0.15) is 23.9 Å². The molecule has 0 aliphatic rings. The number of nitrogens with one attached hydrogen (secondary N) is 1. The lowest BCUT2D eigenvalue weighted by molar-refractivity contribution is 0.0958. The molecule has 1 aromatic heterocycles. The highest BCUT2D eigenvalue weighted by molar-refractivity contribution is 5.97. The summed E-state index contributed by atoms with van der Waals surface area (Å²) >= 11 is 0. The minimum absolute atomic E-state index is 0.110. The van der Waals surface area contributed by atoms with Gasteiger partial charge in [0.2, 0.25) is 0 Å². The largest absolute Gasteiger partial charge is 0.450 e. The van der Waals surface area contributed by atoms with Gasteiger partial charge < -0.3 is 9.73 Å². The van der Waals surface area contributed by atoms with Crippen molar-refractivity contribution in [2.24, 2.45) is 0 Å². The molecule has 0 atom stereocenters. The summed E-state index contributed by atoms with van der Waals surface area (Å²) in [4.78, 5) is 11.7. The van der Waals surface area contributed by atoms with Crippen LogP contribution in [0.3, 0.4) is 0 Å². The SMILES string of the molecule is CCNCCC(=O)c1cc2cccc(F)c2o1. The topological polar surface area (TPSA) is 42.2 Å². The maximum Gasteiger partial charge on any atom is 0.199 e. The van der Waals surface area contributed by atoms with E-state index >= 15 is 0 Å². The van der Waals surface area contributed by atoms with Crippen LogP contribution in [0.2, 0.25) is 0 Å². The zero-order valence-electron chi connectivity index (χ0n) is 9.63. The molecule has 0 fully saturated rings. The molecule has 90 valence electrons. The first-order valence-corrected chi connectivity index (χ1v) is 5.64. The minimum atomic E-state index is -0.437. The van der Waals surface area contributed by atoms with Crippen molar-refractivity contribution in [1.82, 2.24) is 5.32 Å². The Morgan fingerprint density at radius 3 is 3.00 bits per heavy atom. The fourth-order valence-corrected chi connectivity index (χ4v) is 1.67. The first-order chi connectivity index (χ1) is 8.22. The number of hydrogen-bond acceptors (Lipinski definition) is 3. The molecule has 2 aromatic rings. The predicted octanol–water partition coefficient (Wildman–Crippen LogP) is 2.75. The maximum atomic E-state index is 13.4.